The summed E-state index contributed by atoms with van der Waals surface area (Å²) in [7, 11) is 1.49. The molecule has 0 spiro atoms. The molecule has 0 aromatic heterocycles. The summed E-state index contributed by atoms with van der Waals surface area (Å²) in [5.74, 6) is -0.0228. The van der Waals surface area contributed by atoms with E-state index in [1.165, 1.54) is 25.2 Å². The minimum atomic E-state index is -0.321. The van der Waals surface area contributed by atoms with Crippen molar-refractivity contribution in [2.24, 2.45) is 0 Å². The van der Waals surface area contributed by atoms with Gasteiger partial charge < -0.3 is 10.1 Å². The van der Waals surface area contributed by atoms with Crippen molar-refractivity contribution < 1.29 is 9.13 Å². The predicted molar refractivity (Wildman–Crippen MR) is 99.5 cm³/mol. The normalized spacial score (nSPS) is 18.3. The van der Waals surface area contributed by atoms with Gasteiger partial charge in [-0.2, -0.15) is 0 Å². The topological polar surface area (TPSA) is 24.5 Å². The summed E-state index contributed by atoms with van der Waals surface area (Å²) in [6, 6.07) is 13.5. The van der Waals surface area contributed by atoms with Gasteiger partial charge in [-0.1, -0.05) is 29.8 Å². The van der Waals surface area contributed by atoms with E-state index in [1.54, 1.807) is 12.1 Å². The van der Waals surface area contributed by atoms with Crippen LogP contribution < -0.4 is 10.1 Å². The second-order valence-corrected chi connectivity index (χ2v) is 6.99. The summed E-state index contributed by atoms with van der Waals surface area (Å²) in [6.45, 7) is 3.79. The van der Waals surface area contributed by atoms with Gasteiger partial charge in [-0.25, -0.2) is 4.39 Å². The maximum atomic E-state index is 13.5. The lowest BCUT2D eigenvalue weighted by Gasteiger charge is -2.33. The molecule has 1 saturated heterocycles. The Morgan fingerprint density at radius 1 is 1.20 bits per heavy atom. The van der Waals surface area contributed by atoms with Crippen LogP contribution in [0, 0.1) is 5.82 Å². The first-order valence-electron chi connectivity index (χ1n) is 8.66. The van der Waals surface area contributed by atoms with Crippen molar-refractivity contribution >= 4 is 11.6 Å². The lowest BCUT2D eigenvalue weighted by Crippen LogP contribution is -2.45. The number of nitrogens with one attached hydrogen (secondary N) is 1. The Morgan fingerprint density at radius 2 is 1.96 bits per heavy atom. The van der Waals surface area contributed by atoms with E-state index in [4.69, 9.17) is 16.3 Å². The molecule has 134 valence electrons. The molecule has 1 aliphatic heterocycles. The van der Waals surface area contributed by atoms with Crippen molar-refractivity contribution in [1.82, 2.24) is 10.2 Å². The third-order valence-electron chi connectivity index (χ3n) is 4.64. The van der Waals surface area contributed by atoms with Gasteiger partial charge in [0.2, 0.25) is 0 Å². The molecule has 5 heteroatoms. The van der Waals surface area contributed by atoms with E-state index in [0.29, 0.717) is 11.8 Å². The first kappa shape index (κ1) is 18.2. The molecule has 2 aromatic carbocycles. The second-order valence-electron chi connectivity index (χ2n) is 6.55. The first-order valence-corrected chi connectivity index (χ1v) is 9.04. The standard InChI is InChI=1S/C20H24ClFN2O/c1-25-20-11-16(6-9-19(20)22)12-23-18-3-2-10-24(14-18)13-15-4-7-17(21)8-5-15/h4-9,11,18,23H,2-3,10,12-14H2,1H3. The summed E-state index contributed by atoms with van der Waals surface area (Å²) < 4.78 is 18.5. The molecule has 0 aliphatic carbocycles. The zero-order valence-corrected chi connectivity index (χ0v) is 15.2. The number of piperidine rings is 1. The highest BCUT2D eigenvalue weighted by molar-refractivity contribution is 6.30. The van der Waals surface area contributed by atoms with Crippen molar-refractivity contribution in [3.8, 4) is 5.75 Å². The number of halogens is 2. The van der Waals surface area contributed by atoms with Crippen LogP contribution in [0.3, 0.4) is 0 Å². The Kier molecular flexibility index (Phi) is 6.29. The molecule has 0 saturated carbocycles. The molecular formula is C20H24ClFN2O. The molecule has 1 fully saturated rings. The molecule has 1 N–H and O–H groups in total. The van der Waals surface area contributed by atoms with Gasteiger partial charge in [-0.3, -0.25) is 4.90 Å². The Hall–Kier alpha value is -1.62. The number of methoxy groups -OCH3 is 1. The van der Waals surface area contributed by atoms with E-state index in [1.807, 2.05) is 12.1 Å². The maximum Gasteiger partial charge on any atom is 0.165 e. The van der Waals surface area contributed by atoms with Gasteiger partial charge in [-0.15, -0.1) is 0 Å². The highest BCUT2D eigenvalue weighted by Crippen LogP contribution is 2.19. The van der Waals surface area contributed by atoms with Gasteiger partial charge in [0.25, 0.3) is 0 Å². The Balaban J connectivity index is 1.52. The molecule has 1 unspecified atom stereocenters. The van der Waals surface area contributed by atoms with Crippen LogP contribution in [-0.4, -0.2) is 31.1 Å². The average molecular weight is 363 g/mol. The molecule has 0 amide bonds. The van der Waals surface area contributed by atoms with Crippen LogP contribution in [-0.2, 0) is 13.1 Å². The Morgan fingerprint density at radius 3 is 2.72 bits per heavy atom. The molecule has 0 radical (unpaired) electrons. The minimum Gasteiger partial charge on any atom is -0.494 e. The summed E-state index contributed by atoms with van der Waals surface area (Å²) >= 11 is 5.95. The summed E-state index contributed by atoms with van der Waals surface area (Å²) in [6.07, 6.45) is 2.34. The fourth-order valence-electron chi connectivity index (χ4n) is 3.29. The van der Waals surface area contributed by atoms with E-state index in [2.05, 4.69) is 22.3 Å². The van der Waals surface area contributed by atoms with Crippen LogP contribution >= 0.6 is 11.6 Å². The van der Waals surface area contributed by atoms with Crippen LogP contribution in [0.4, 0.5) is 4.39 Å². The van der Waals surface area contributed by atoms with Crippen molar-refractivity contribution in [2.45, 2.75) is 32.0 Å². The third kappa shape index (κ3) is 5.18. The van der Waals surface area contributed by atoms with E-state index in [0.717, 1.165) is 43.2 Å². The lowest BCUT2D eigenvalue weighted by atomic mass is 10.0. The minimum absolute atomic E-state index is 0.298. The SMILES string of the molecule is COc1cc(CNC2CCCN(Cc3ccc(Cl)cc3)C2)ccc1F. The number of ether oxygens (including phenoxy) is 1. The quantitative estimate of drug-likeness (QED) is 0.831. The summed E-state index contributed by atoms with van der Waals surface area (Å²) in [5.41, 5.74) is 2.32. The van der Waals surface area contributed by atoms with Gasteiger partial charge in [0.1, 0.15) is 0 Å². The number of benzene rings is 2. The highest BCUT2D eigenvalue weighted by Gasteiger charge is 2.19. The van der Waals surface area contributed by atoms with Crippen molar-refractivity contribution in [3.63, 3.8) is 0 Å². The van der Waals surface area contributed by atoms with E-state index < -0.39 is 0 Å². The number of rotatable bonds is 6. The largest absolute Gasteiger partial charge is 0.494 e. The summed E-state index contributed by atoms with van der Waals surface area (Å²) in [4.78, 5) is 2.47. The van der Waals surface area contributed by atoms with Crippen molar-refractivity contribution in [2.75, 3.05) is 20.2 Å². The van der Waals surface area contributed by atoms with Crippen LogP contribution in [0.25, 0.3) is 0 Å². The van der Waals surface area contributed by atoms with Crippen LogP contribution in [0.2, 0.25) is 5.02 Å². The number of nitrogens with zero attached hydrogens (tertiary/aromatic N) is 1. The summed E-state index contributed by atoms with van der Waals surface area (Å²) in [5, 5.41) is 4.37. The lowest BCUT2D eigenvalue weighted by molar-refractivity contribution is 0.182. The number of hydrogen-bond acceptors (Lipinski definition) is 3. The van der Waals surface area contributed by atoms with E-state index in [9.17, 15) is 4.39 Å². The van der Waals surface area contributed by atoms with E-state index in [-0.39, 0.29) is 5.82 Å². The average Bonchev–Trinajstić information content (AvgIpc) is 2.63. The van der Waals surface area contributed by atoms with Gasteiger partial charge in [0.15, 0.2) is 11.6 Å². The molecule has 25 heavy (non-hydrogen) atoms. The highest BCUT2D eigenvalue weighted by atomic mass is 35.5. The second kappa shape index (κ2) is 8.65. The maximum absolute atomic E-state index is 13.5. The molecular weight excluding hydrogens is 339 g/mol. The molecule has 3 rings (SSSR count). The van der Waals surface area contributed by atoms with Crippen molar-refractivity contribution in [1.29, 1.82) is 0 Å². The first-order chi connectivity index (χ1) is 12.1. The molecule has 2 aromatic rings. The monoisotopic (exact) mass is 362 g/mol. The smallest absolute Gasteiger partial charge is 0.165 e. The number of likely N-dealkylation sites (tertiary alicyclic amines) is 1. The Labute approximate surface area is 153 Å². The molecule has 3 nitrogen and oxygen atoms in total. The Bertz CT molecular complexity index is 693. The van der Waals surface area contributed by atoms with Crippen LogP contribution in [0.1, 0.15) is 24.0 Å². The number of hydrogen-bond donors (Lipinski definition) is 1. The van der Waals surface area contributed by atoms with Crippen molar-refractivity contribution in [3.05, 3.63) is 64.4 Å². The van der Waals surface area contributed by atoms with Gasteiger partial charge in [0, 0.05) is 30.7 Å². The van der Waals surface area contributed by atoms with Crippen LogP contribution in [0.5, 0.6) is 5.75 Å². The van der Waals surface area contributed by atoms with Gasteiger partial charge in [-0.05, 0) is 54.8 Å². The zero-order chi connectivity index (χ0) is 17.6. The van der Waals surface area contributed by atoms with Crippen LogP contribution in [0.15, 0.2) is 42.5 Å². The fraction of sp³-hybridized carbons (Fsp3) is 0.400. The van der Waals surface area contributed by atoms with E-state index >= 15 is 0 Å². The molecule has 1 heterocycles. The third-order valence-corrected chi connectivity index (χ3v) is 4.89. The van der Waals surface area contributed by atoms with Gasteiger partial charge in [0.05, 0.1) is 7.11 Å². The van der Waals surface area contributed by atoms with Gasteiger partial charge >= 0.3 is 0 Å². The predicted octanol–water partition coefficient (Wildman–Crippen LogP) is 4.24. The molecule has 1 aliphatic rings. The zero-order valence-electron chi connectivity index (χ0n) is 14.5. The molecule has 1 atom stereocenters. The fourth-order valence-corrected chi connectivity index (χ4v) is 3.42. The molecule has 0 bridgehead atoms.